The molecule has 4 nitrogen and oxygen atoms in total. The Morgan fingerprint density at radius 3 is 2.31 bits per heavy atom. The number of hydrogen-bond donors (Lipinski definition) is 1. The van der Waals surface area contributed by atoms with Crippen LogP contribution in [0.25, 0.3) is 32.9 Å². The molecule has 1 N–H and O–H groups in total. The van der Waals surface area contributed by atoms with E-state index in [1.807, 2.05) is 61.5 Å². The monoisotopic (exact) mass is 592 g/mol. The minimum Gasteiger partial charge on any atom is -0.478 e. The van der Waals surface area contributed by atoms with Gasteiger partial charge in [0, 0.05) is 17.4 Å². The average Bonchev–Trinajstić information content (AvgIpc) is 3.12. The molecule has 1 aromatic heterocycles. The highest BCUT2D eigenvalue weighted by Crippen LogP contribution is 2.44. The summed E-state index contributed by atoms with van der Waals surface area (Å²) in [5, 5.41) is 13.1. The second-order valence-corrected chi connectivity index (χ2v) is 10.2. The highest BCUT2D eigenvalue weighted by Gasteiger charge is 2.24. The standard InChI is InChI=1S/C29H22Br2O4/c1-16-17(2)34-24-15-19-10-6-7-11-21(19)27(26(16)24)20-13-22(30)28(23(31)14-20)35-25(29(32)33)12-18-8-4-3-5-9-18/h3-11,13-15,25H,12H2,1-2H3,(H,32,33). The minimum absolute atomic E-state index is 0.258. The van der Waals surface area contributed by atoms with Crippen LogP contribution in [-0.4, -0.2) is 17.2 Å². The third-order valence-electron chi connectivity index (χ3n) is 6.27. The molecule has 1 atom stereocenters. The van der Waals surface area contributed by atoms with E-state index in [1.54, 1.807) is 0 Å². The topological polar surface area (TPSA) is 59.7 Å². The van der Waals surface area contributed by atoms with Gasteiger partial charge in [-0.15, -0.1) is 0 Å². The van der Waals surface area contributed by atoms with Gasteiger partial charge in [0.25, 0.3) is 0 Å². The van der Waals surface area contributed by atoms with Crippen LogP contribution in [0.15, 0.2) is 86.2 Å². The van der Waals surface area contributed by atoms with Crippen molar-refractivity contribution in [2.75, 3.05) is 0 Å². The Labute approximate surface area is 219 Å². The summed E-state index contributed by atoms with van der Waals surface area (Å²) in [6.07, 6.45) is -0.771. The van der Waals surface area contributed by atoms with E-state index < -0.39 is 12.1 Å². The second kappa shape index (κ2) is 9.51. The fourth-order valence-electron chi connectivity index (χ4n) is 4.46. The number of fused-ring (bicyclic) bond motifs is 2. The maximum atomic E-state index is 12.0. The molecular weight excluding hydrogens is 572 g/mol. The molecule has 176 valence electrons. The zero-order valence-electron chi connectivity index (χ0n) is 19.1. The van der Waals surface area contributed by atoms with Gasteiger partial charge in [-0.25, -0.2) is 4.79 Å². The van der Waals surface area contributed by atoms with Crippen molar-refractivity contribution in [2.24, 2.45) is 0 Å². The number of carboxylic acid groups (broad SMARTS) is 1. The summed E-state index contributed by atoms with van der Waals surface area (Å²) in [7, 11) is 0. The smallest absolute Gasteiger partial charge is 0.345 e. The summed E-state index contributed by atoms with van der Waals surface area (Å²) in [6.45, 7) is 4.05. The Hall–Kier alpha value is -3.09. The predicted octanol–water partition coefficient (Wildman–Crippen LogP) is 8.47. The van der Waals surface area contributed by atoms with E-state index in [0.717, 1.165) is 49.8 Å². The second-order valence-electron chi connectivity index (χ2n) is 8.53. The Balaban J connectivity index is 1.62. The third-order valence-corrected chi connectivity index (χ3v) is 7.44. The molecule has 1 heterocycles. The first-order valence-corrected chi connectivity index (χ1v) is 12.8. The van der Waals surface area contributed by atoms with E-state index in [9.17, 15) is 9.90 Å². The fourth-order valence-corrected chi connectivity index (χ4v) is 5.83. The molecule has 6 heteroatoms. The quantitative estimate of drug-likeness (QED) is 0.214. The van der Waals surface area contributed by atoms with Crippen molar-refractivity contribution < 1.29 is 19.1 Å². The maximum absolute atomic E-state index is 12.0. The van der Waals surface area contributed by atoms with Crippen molar-refractivity contribution in [1.82, 2.24) is 0 Å². The third kappa shape index (κ3) is 4.48. The lowest BCUT2D eigenvalue weighted by Gasteiger charge is -2.19. The number of carboxylic acids is 1. The van der Waals surface area contributed by atoms with Crippen molar-refractivity contribution in [2.45, 2.75) is 26.4 Å². The lowest BCUT2D eigenvalue weighted by Crippen LogP contribution is -2.29. The van der Waals surface area contributed by atoms with Crippen molar-refractivity contribution in [1.29, 1.82) is 0 Å². The molecular formula is C29H22Br2O4. The summed E-state index contributed by atoms with van der Waals surface area (Å²) in [5.74, 6) is 0.325. The van der Waals surface area contributed by atoms with Crippen molar-refractivity contribution >= 4 is 59.6 Å². The molecule has 4 aromatic carbocycles. The van der Waals surface area contributed by atoms with Gasteiger partial charge in [0.15, 0.2) is 6.10 Å². The van der Waals surface area contributed by atoms with Crippen molar-refractivity contribution in [3.63, 3.8) is 0 Å². The van der Waals surface area contributed by atoms with Gasteiger partial charge in [-0.3, -0.25) is 0 Å². The Kier molecular flexibility index (Phi) is 6.43. The van der Waals surface area contributed by atoms with Crippen molar-refractivity contribution in [3.8, 4) is 16.9 Å². The highest BCUT2D eigenvalue weighted by molar-refractivity contribution is 9.11. The lowest BCUT2D eigenvalue weighted by molar-refractivity contribution is -0.145. The number of benzene rings is 4. The summed E-state index contributed by atoms with van der Waals surface area (Å²) in [5.41, 5.74) is 4.88. The lowest BCUT2D eigenvalue weighted by atomic mass is 9.93. The molecule has 35 heavy (non-hydrogen) atoms. The van der Waals surface area contributed by atoms with Gasteiger partial charge < -0.3 is 14.3 Å². The van der Waals surface area contributed by atoms with Gasteiger partial charge in [-0.2, -0.15) is 0 Å². The summed E-state index contributed by atoms with van der Waals surface area (Å²) in [4.78, 5) is 12.0. The number of aryl methyl sites for hydroxylation is 2. The van der Waals surface area contributed by atoms with E-state index in [0.29, 0.717) is 14.7 Å². The van der Waals surface area contributed by atoms with E-state index in [2.05, 4.69) is 57.0 Å². The van der Waals surface area contributed by atoms with E-state index in [4.69, 9.17) is 9.15 Å². The van der Waals surface area contributed by atoms with Crippen LogP contribution in [0.3, 0.4) is 0 Å². The van der Waals surface area contributed by atoms with Gasteiger partial charge in [-0.05, 0) is 91.4 Å². The van der Waals surface area contributed by atoms with Crippen LogP contribution in [0, 0.1) is 13.8 Å². The molecule has 0 saturated heterocycles. The largest absolute Gasteiger partial charge is 0.478 e. The molecule has 0 bridgehead atoms. The van der Waals surface area contributed by atoms with Crippen LogP contribution in [-0.2, 0) is 11.2 Å². The molecule has 0 aliphatic rings. The average molecular weight is 594 g/mol. The zero-order chi connectivity index (χ0) is 24.7. The Bertz CT molecular complexity index is 1550. The summed E-state index contributed by atoms with van der Waals surface area (Å²) < 4.78 is 13.4. The Morgan fingerprint density at radius 2 is 1.63 bits per heavy atom. The number of hydrogen-bond acceptors (Lipinski definition) is 3. The maximum Gasteiger partial charge on any atom is 0.345 e. The van der Waals surface area contributed by atoms with Crippen LogP contribution < -0.4 is 4.74 Å². The minimum atomic E-state index is -1.03. The first kappa shape index (κ1) is 23.6. The molecule has 0 spiro atoms. The first-order chi connectivity index (χ1) is 16.8. The number of halogens is 2. The molecule has 0 aliphatic heterocycles. The molecule has 5 aromatic rings. The normalized spacial score (nSPS) is 12.2. The summed E-state index contributed by atoms with van der Waals surface area (Å²) >= 11 is 7.28. The van der Waals surface area contributed by atoms with E-state index in [-0.39, 0.29) is 6.42 Å². The fraction of sp³-hybridized carbons (Fsp3) is 0.138. The number of ether oxygens (including phenoxy) is 1. The molecule has 5 rings (SSSR count). The van der Waals surface area contributed by atoms with Gasteiger partial charge in [0.05, 0.1) is 8.95 Å². The van der Waals surface area contributed by atoms with Gasteiger partial charge >= 0.3 is 5.97 Å². The SMILES string of the molecule is Cc1oc2cc3ccccc3c(-c3cc(Br)c(OC(Cc4ccccc4)C(=O)O)c(Br)c3)c2c1C. The molecule has 1 unspecified atom stereocenters. The molecule has 0 radical (unpaired) electrons. The van der Waals surface area contributed by atoms with Crippen LogP contribution in [0.1, 0.15) is 16.9 Å². The number of aliphatic carboxylic acids is 1. The molecule has 0 saturated carbocycles. The van der Waals surface area contributed by atoms with Crippen molar-refractivity contribution in [3.05, 3.63) is 98.6 Å². The van der Waals surface area contributed by atoms with Gasteiger partial charge in [0.1, 0.15) is 17.1 Å². The Morgan fingerprint density at radius 1 is 0.971 bits per heavy atom. The van der Waals surface area contributed by atoms with Crippen LogP contribution in [0.4, 0.5) is 0 Å². The van der Waals surface area contributed by atoms with E-state index in [1.165, 1.54) is 0 Å². The molecule has 0 aliphatic carbocycles. The van der Waals surface area contributed by atoms with Crippen LogP contribution in [0.5, 0.6) is 5.75 Å². The van der Waals surface area contributed by atoms with Crippen LogP contribution in [0.2, 0.25) is 0 Å². The van der Waals surface area contributed by atoms with Gasteiger partial charge in [-0.1, -0.05) is 54.6 Å². The summed E-state index contributed by atoms with van der Waals surface area (Å²) in [6, 6.07) is 23.7. The highest BCUT2D eigenvalue weighted by atomic mass is 79.9. The first-order valence-electron chi connectivity index (χ1n) is 11.2. The van der Waals surface area contributed by atoms with Crippen LogP contribution >= 0.6 is 31.9 Å². The van der Waals surface area contributed by atoms with E-state index >= 15 is 0 Å². The number of carbonyl (C=O) groups is 1. The molecule has 0 amide bonds. The predicted molar refractivity (Wildman–Crippen MR) is 146 cm³/mol. The number of furan rings is 1. The zero-order valence-corrected chi connectivity index (χ0v) is 22.3. The van der Waals surface area contributed by atoms with Gasteiger partial charge in [0.2, 0.25) is 0 Å². The number of rotatable bonds is 6. The molecule has 0 fully saturated rings.